The van der Waals surface area contributed by atoms with Crippen molar-refractivity contribution in [2.45, 2.75) is 11.8 Å². The fraction of sp³-hybridized carbons (Fsp3) is 0.0909. The first kappa shape index (κ1) is 14.6. The van der Waals surface area contributed by atoms with E-state index in [0.29, 0.717) is 9.90 Å². The third-order valence-corrected chi connectivity index (χ3v) is 5.74. The molecule has 0 saturated carbocycles. The molecule has 0 saturated heterocycles. The number of aromatic hydroxyl groups is 1. The molecule has 0 bridgehead atoms. The van der Waals surface area contributed by atoms with Gasteiger partial charge < -0.3 is 5.11 Å². The second-order valence-electron chi connectivity index (χ2n) is 3.74. The molecule has 2 rings (SSSR count). The van der Waals surface area contributed by atoms with Crippen LogP contribution in [0.25, 0.3) is 0 Å². The van der Waals surface area contributed by atoms with Crippen LogP contribution in [0.2, 0.25) is 5.02 Å². The van der Waals surface area contributed by atoms with Gasteiger partial charge >= 0.3 is 0 Å². The Bertz CT molecular complexity index is 728. The van der Waals surface area contributed by atoms with Crippen LogP contribution < -0.4 is 4.72 Å². The summed E-state index contributed by atoms with van der Waals surface area (Å²) in [5.41, 5.74) is 0.0502. The van der Waals surface area contributed by atoms with Crippen LogP contribution in [0.5, 0.6) is 5.75 Å². The van der Waals surface area contributed by atoms with Gasteiger partial charge in [0.15, 0.2) is 0 Å². The van der Waals surface area contributed by atoms with Crippen molar-refractivity contribution in [2.24, 2.45) is 0 Å². The van der Waals surface area contributed by atoms with Gasteiger partial charge in [0.05, 0.1) is 9.47 Å². The number of aryl methyl sites for hydroxylation is 1. The maximum atomic E-state index is 12.2. The van der Waals surface area contributed by atoms with Crippen molar-refractivity contribution in [3.63, 3.8) is 0 Å². The summed E-state index contributed by atoms with van der Waals surface area (Å²) in [4.78, 5) is 0.824. The van der Waals surface area contributed by atoms with Crippen molar-refractivity contribution in [1.29, 1.82) is 0 Å². The average Bonchev–Trinajstić information content (AvgIpc) is 2.63. The molecule has 1 heterocycles. The minimum absolute atomic E-state index is 0.0502. The fourth-order valence-electron chi connectivity index (χ4n) is 1.49. The Balaban J connectivity index is 2.42. The van der Waals surface area contributed by atoms with Crippen LogP contribution in [0.15, 0.2) is 32.9 Å². The maximum Gasteiger partial charge on any atom is 0.263 e. The third-order valence-electron chi connectivity index (χ3n) is 2.33. The molecule has 0 unspecified atom stereocenters. The van der Waals surface area contributed by atoms with Gasteiger partial charge in [-0.15, -0.1) is 11.3 Å². The van der Waals surface area contributed by atoms with Crippen molar-refractivity contribution in [3.8, 4) is 5.75 Å². The Labute approximate surface area is 128 Å². The Morgan fingerprint density at radius 2 is 2.05 bits per heavy atom. The Morgan fingerprint density at radius 1 is 1.37 bits per heavy atom. The van der Waals surface area contributed by atoms with E-state index in [2.05, 4.69) is 20.7 Å². The largest absolute Gasteiger partial charge is 0.506 e. The van der Waals surface area contributed by atoms with Gasteiger partial charge in [0.1, 0.15) is 10.6 Å². The van der Waals surface area contributed by atoms with Crippen LogP contribution in [0.1, 0.15) is 4.88 Å². The van der Waals surface area contributed by atoms with E-state index < -0.39 is 10.0 Å². The minimum atomic E-state index is -3.75. The highest BCUT2D eigenvalue weighted by Crippen LogP contribution is 2.33. The summed E-state index contributed by atoms with van der Waals surface area (Å²) in [7, 11) is -3.75. The number of sulfonamides is 1. The number of thiophene rings is 1. The normalized spacial score (nSPS) is 11.5. The average molecular weight is 383 g/mol. The van der Waals surface area contributed by atoms with Crippen molar-refractivity contribution in [1.82, 2.24) is 0 Å². The first-order valence-electron chi connectivity index (χ1n) is 5.07. The van der Waals surface area contributed by atoms with Gasteiger partial charge in [-0.25, -0.2) is 8.42 Å². The van der Waals surface area contributed by atoms with Crippen LogP contribution in [0.4, 0.5) is 5.69 Å². The van der Waals surface area contributed by atoms with Crippen LogP contribution >= 0.6 is 38.9 Å². The highest BCUT2D eigenvalue weighted by molar-refractivity contribution is 9.11. The molecule has 1 aromatic heterocycles. The van der Waals surface area contributed by atoms with E-state index in [-0.39, 0.29) is 16.3 Å². The Hall–Kier alpha value is -0.760. The number of halogens is 2. The minimum Gasteiger partial charge on any atom is -0.506 e. The lowest BCUT2D eigenvalue weighted by molar-refractivity contribution is 0.477. The Morgan fingerprint density at radius 3 is 2.63 bits per heavy atom. The van der Waals surface area contributed by atoms with Gasteiger partial charge in [-0.05, 0) is 47.1 Å². The van der Waals surface area contributed by atoms with E-state index in [1.807, 2.05) is 0 Å². The number of benzene rings is 1. The van der Waals surface area contributed by atoms with E-state index in [4.69, 9.17) is 11.6 Å². The molecule has 19 heavy (non-hydrogen) atoms. The van der Waals surface area contributed by atoms with Crippen LogP contribution in [-0.4, -0.2) is 13.5 Å². The van der Waals surface area contributed by atoms with E-state index in [1.165, 1.54) is 35.6 Å². The second-order valence-corrected chi connectivity index (χ2v) is 8.46. The van der Waals surface area contributed by atoms with Gasteiger partial charge in [0.2, 0.25) is 0 Å². The highest BCUT2D eigenvalue weighted by Gasteiger charge is 2.20. The molecule has 2 N–H and O–H groups in total. The zero-order valence-electron chi connectivity index (χ0n) is 9.65. The summed E-state index contributed by atoms with van der Waals surface area (Å²) >= 11 is 10.3. The number of phenols is 1. The molecule has 0 radical (unpaired) electrons. The number of hydrogen-bond donors (Lipinski definition) is 2. The van der Waals surface area contributed by atoms with E-state index in [9.17, 15) is 13.5 Å². The molecule has 0 atom stereocenters. The summed E-state index contributed by atoms with van der Waals surface area (Å²) in [6.45, 7) is 1.71. The number of nitrogens with one attached hydrogen (secondary N) is 1. The summed E-state index contributed by atoms with van der Waals surface area (Å²) in [5, 5.41) is 9.96. The van der Waals surface area contributed by atoms with E-state index >= 15 is 0 Å². The molecule has 0 spiro atoms. The molecular weight excluding hydrogens is 374 g/mol. The van der Waals surface area contributed by atoms with Crippen molar-refractivity contribution >= 4 is 54.6 Å². The molecule has 1 aromatic carbocycles. The molecule has 4 nitrogen and oxygen atoms in total. The van der Waals surface area contributed by atoms with Crippen LogP contribution in [0, 0.1) is 6.92 Å². The summed E-state index contributed by atoms with van der Waals surface area (Å²) < 4.78 is 27.5. The maximum absolute atomic E-state index is 12.2. The molecule has 0 aliphatic heterocycles. The summed E-state index contributed by atoms with van der Waals surface area (Å²) in [6.07, 6.45) is 0. The molecule has 8 heteroatoms. The summed E-state index contributed by atoms with van der Waals surface area (Å²) in [5.74, 6) is -0.181. The smallest absolute Gasteiger partial charge is 0.263 e. The van der Waals surface area contributed by atoms with E-state index in [1.54, 1.807) is 6.92 Å². The monoisotopic (exact) mass is 381 g/mol. The first-order valence-corrected chi connectivity index (χ1v) is 8.54. The van der Waals surface area contributed by atoms with Gasteiger partial charge in [-0.3, -0.25) is 4.72 Å². The van der Waals surface area contributed by atoms with Gasteiger partial charge in [-0.2, -0.15) is 0 Å². The Kier molecular flexibility index (Phi) is 4.10. The molecule has 0 aliphatic carbocycles. The number of anilines is 1. The zero-order chi connectivity index (χ0) is 14.2. The third kappa shape index (κ3) is 3.22. The molecule has 0 aliphatic rings. The number of rotatable bonds is 3. The molecule has 102 valence electrons. The molecule has 0 fully saturated rings. The van der Waals surface area contributed by atoms with Gasteiger partial charge in [-0.1, -0.05) is 11.6 Å². The van der Waals surface area contributed by atoms with Crippen molar-refractivity contribution < 1.29 is 13.5 Å². The summed E-state index contributed by atoms with van der Waals surface area (Å²) in [6, 6.07) is 5.67. The van der Waals surface area contributed by atoms with Gasteiger partial charge in [0, 0.05) is 9.90 Å². The molecule has 0 amide bonds. The van der Waals surface area contributed by atoms with Crippen LogP contribution in [0.3, 0.4) is 0 Å². The van der Waals surface area contributed by atoms with Crippen molar-refractivity contribution in [2.75, 3.05) is 4.72 Å². The van der Waals surface area contributed by atoms with Crippen molar-refractivity contribution in [3.05, 3.63) is 38.0 Å². The predicted molar refractivity (Wildman–Crippen MR) is 80.7 cm³/mol. The molecular formula is C11H9BrClNO3S2. The molecule has 2 aromatic rings. The first-order chi connectivity index (χ1) is 8.79. The number of phenolic OH excluding ortho intramolecular Hbond substituents is 1. The second kappa shape index (κ2) is 5.32. The highest BCUT2D eigenvalue weighted by atomic mass is 79.9. The SMILES string of the molecule is Cc1sc(Br)cc1S(=O)(=O)Nc1cc(Cl)ccc1O. The van der Waals surface area contributed by atoms with E-state index in [0.717, 1.165) is 3.79 Å². The number of hydrogen-bond acceptors (Lipinski definition) is 4. The fourth-order valence-corrected chi connectivity index (χ4v) is 5.14. The topological polar surface area (TPSA) is 66.4 Å². The quantitative estimate of drug-likeness (QED) is 0.789. The standard InChI is InChI=1S/C11H9BrClNO3S2/c1-6-10(5-11(12)18-6)19(16,17)14-8-4-7(13)2-3-9(8)15/h2-5,14-15H,1H3. The lowest BCUT2D eigenvalue weighted by atomic mass is 10.3. The zero-order valence-corrected chi connectivity index (χ0v) is 13.6. The lowest BCUT2D eigenvalue weighted by Crippen LogP contribution is -2.13. The van der Waals surface area contributed by atoms with Gasteiger partial charge in [0.25, 0.3) is 10.0 Å². The van der Waals surface area contributed by atoms with Crippen LogP contribution in [-0.2, 0) is 10.0 Å². The lowest BCUT2D eigenvalue weighted by Gasteiger charge is -2.09. The predicted octanol–water partition coefficient (Wildman–Crippen LogP) is 3.98.